The highest BCUT2D eigenvalue weighted by atomic mass is 127. The number of amides is 2. The van der Waals surface area contributed by atoms with Gasteiger partial charge < -0.3 is 0 Å². The van der Waals surface area contributed by atoms with Crippen molar-refractivity contribution in [3.8, 4) is 0 Å². The number of anilines is 1. The molecule has 1 heterocycles. The van der Waals surface area contributed by atoms with E-state index >= 15 is 0 Å². The van der Waals surface area contributed by atoms with Gasteiger partial charge in [-0.3, -0.25) is 9.59 Å². The van der Waals surface area contributed by atoms with Gasteiger partial charge in [-0.25, -0.2) is 13.3 Å². The van der Waals surface area contributed by atoms with Crippen LogP contribution < -0.4 is 4.90 Å². The number of rotatable bonds is 6. The zero-order valence-corrected chi connectivity index (χ0v) is 21.6. The number of nitrogens with zero attached hydrogens (tertiary/aromatic N) is 2. The molecule has 3 rings (SSSR count). The Morgan fingerprint density at radius 2 is 1.74 bits per heavy atom. The summed E-state index contributed by atoms with van der Waals surface area (Å²) in [7, 11) is -4.26. The number of carbonyl (C=O) groups excluding carboxylic acids is 2. The molecule has 2 aromatic rings. The summed E-state index contributed by atoms with van der Waals surface area (Å²) in [5, 5.41) is 0.194. The molecule has 0 N–H and O–H groups in total. The van der Waals surface area contributed by atoms with Crippen molar-refractivity contribution in [2.45, 2.75) is 50.1 Å². The van der Waals surface area contributed by atoms with Crippen LogP contribution >= 0.6 is 45.8 Å². The largest absolute Gasteiger partial charge is 0.274 e. The molecule has 10 heteroatoms. The summed E-state index contributed by atoms with van der Waals surface area (Å²) in [6.45, 7) is 5.25. The Bertz CT molecular complexity index is 1140. The van der Waals surface area contributed by atoms with Crippen LogP contribution in [0.25, 0.3) is 0 Å². The molecule has 0 saturated carbocycles. The molecule has 1 aliphatic rings. The van der Waals surface area contributed by atoms with E-state index in [9.17, 15) is 18.0 Å². The van der Waals surface area contributed by atoms with E-state index in [-0.39, 0.29) is 21.4 Å². The SMILES string of the molecule is CCC(C)(C)N(C1CC(=O)N(c2ccc(I)cc2)C1=O)S(=O)(=O)c1cc(Cl)ccc1Cl. The highest BCUT2D eigenvalue weighted by Crippen LogP contribution is 2.38. The van der Waals surface area contributed by atoms with Gasteiger partial charge in [0.05, 0.1) is 17.1 Å². The standard InChI is InChI=1S/C21H21Cl2IN2O4S/c1-4-21(2,3)26(31(29,30)18-11-13(22)5-10-16(18)23)17-12-19(27)25(20(17)28)15-8-6-14(24)7-9-15/h5-11,17H,4,12H2,1-3H3. The van der Waals surface area contributed by atoms with Gasteiger partial charge in [0, 0.05) is 14.1 Å². The van der Waals surface area contributed by atoms with E-state index in [4.69, 9.17) is 23.2 Å². The lowest BCUT2D eigenvalue weighted by Gasteiger charge is -2.39. The Labute approximate surface area is 205 Å². The summed E-state index contributed by atoms with van der Waals surface area (Å²) in [5.74, 6) is -1.05. The van der Waals surface area contributed by atoms with Crippen LogP contribution in [0, 0.1) is 3.57 Å². The predicted molar refractivity (Wildman–Crippen MR) is 130 cm³/mol. The minimum atomic E-state index is -4.26. The maximum Gasteiger partial charge on any atom is 0.252 e. The lowest BCUT2D eigenvalue weighted by molar-refractivity contribution is -0.122. The number of carbonyl (C=O) groups is 2. The lowest BCUT2D eigenvalue weighted by atomic mass is 10.00. The summed E-state index contributed by atoms with van der Waals surface area (Å²) in [5.41, 5.74) is -0.557. The molecule has 1 aliphatic heterocycles. The van der Waals surface area contributed by atoms with Gasteiger partial charge in [-0.05, 0) is 85.3 Å². The fourth-order valence-electron chi connectivity index (χ4n) is 3.51. The van der Waals surface area contributed by atoms with E-state index in [0.29, 0.717) is 12.1 Å². The molecule has 0 bridgehead atoms. The molecule has 31 heavy (non-hydrogen) atoms. The molecule has 0 spiro atoms. The molecule has 1 atom stereocenters. The lowest BCUT2D eigenvalue weighted by Crippen LogP contribution is -2.55. The van der Waals surface area contributed by atoms with E-state index in [1.807, 2.05) is 6.92 Å². The van der Waals surface area contributed by atoms with Crippen molar-refractivity contribution in [2.24, 2.45) is 0 Å². The molecule has 0 aliphatic carbocycles. The third-order valence-corrected chi connectivity index (χ3v) is 8.94. The van der Waals surface area contributed by atoms with Gasteiger partial charge >= 0.3 is 0 Å². The van der Waals surface area contributed by atoms with Gasteiger partial charge in [-0.2, -0.15) is 4.31 Å². The van der Waals surface area contributed by atoms with Crippen LogP contribution in [0.15, 0.2) is 47.4 Å². The molecule has 1 unspecified atom stereocenters. The second-order valence-electron chi connectivity index (χ2n) is 7.81. The van der Waals surface area contributed by atoms with Crippen molar-refractivity contribution in [1.82, 2.24) is 4.31 Å². The van der Waals surface area contributed by atoms with Crippen LogP contribution in [-0.4, -0.2) is 36.1 Å². The third-order valence-electron chi connectivity index (χ3n) is 5.38. The first kappa shape index (κ1) is 24.4. The van der Waals surface area contributed by atoms with Crippen molar-refractivity contribution >= 4 is 73.3 Å². The molecule has 2 aromatic carbocycles. The second kappa shape index (κ2) is 8.97. The number of halogens is 3. The molecule has 1 saturated heterocycles. The van der Waals surface area contributed by atoms with Crippen LogP contribution in [0.2, 0.25) is 10.0 Å². The molecular formula is C21H21Cl2IN2O4S. The predicted octanol–water partition coefficient (Wildman–Crippen LogP) is 5.11. The van der Waals surface area contributed by atoms with Gasteiger partial charge in [-0.15, -0.1) is 0 Å². The van der Waals surface area contributed by atoms with Gasteiger partial charge in [0.2, 0.25) is 15.9 Å². The number of benzene rings is 2. The fraction of sp³-hybridized carbons (Fsp3) is 0.333. The number of sulfonamides is 1. The molecule has 166 valence electrons. The van der Waals surface area contributed by atoms with Crippen molar-refractivity contribution in [1.29, 1.82) is 0 Å². The van der Waals surface area contributed by atoms with E-state index in [2.05, 4.69) is 22.6 Å². The zero-order chi connectivity index (χ0) is 23.1. The molecular weight excluding hydrogens is 574 g/mol. The van der Waals surface area contributed by atoms with Crippen molar-refractivity contribution in [2.75, 3.05) is 4.90 Å². The summed E-state index contributed by atoms with van der Waals surface area (Å²) < 4.78 is 29.5. The highest BCUT2D eigenvalue weighted by Gasteiger charge is 2.51. The fourth-order valence-corrected chi connectivity index (χ4v) is 6.60. The maximum atomic E-state index is 13.7. The van der Waals surface area contributed by atoms with Gasteiger partial charge in [0.25, 0.3) is 5.91 Å². The molecule has 1 fully saturated rings. The van der Waals surface area contributed by atoms with Crippen LogP contribution in [0.1, 0.15) is 33.6 Å². The Hall–Kier alpha value is -1.20. The van der Waals surface area contributed by atoms with E-state index in [0.717, 1.165) is 12.8 Å². The van der Waals surface area contributed by atoms with Crippen molar-refractivity contribution in [3.05, 3.63) is 56.1 Å². The van der Waals surface area contributed by atoms with E-state index in [1.165, 1.54) is 18.2 Å². The Morgan fingerprint density at radius 1 is 1.13 bits per heavy atom. The smallest absolute Gasteiger partial charge is 0.252 e. The summed E-state index contributed by atoms with van der Waals surface area (Å²) in [4.78, 5) is 27.0. The van der Waals surface area contributed by atoms with Crippen LogP contribution in [0.4, 0.5) is 5.69 Å². The Morgan fingerprint density at radius 3 is 2.32 bits per heavy atom. The van der Waals surface area contributed by atoms with Crippen LogP contribution in [0.5, 0.6) is 0 Å². The van der Waals surface area contributed by atoms with E-state index < -0.39 is 33.4 Å². The maximum absolute atomic E-state index is 13.7. The van der Waals surface area contributed by atoms with Crippen LogP contribution in [0.3, 0.4) is 0 Å². The average molecular weight is 595 g/mol. The summed E-state index contributed by atoms with van der Waals surface area (Å²) in [6.07, 6.45) is 0.150. The first-order chi connectivity index (χ1) is 14.4. The Kier molecular flexibility index (Phi) is 7.08. The highest BCUT2D eigenvalue weighted by molar-refractivity contribution is 14.1. The van der Waals surface area contributed by atoms with Crippen molar-refractivity contribution < 1.29 is 18.0 Å². The average Bonchev–Trinajstić information content (AvgIpc) is 2.97. The van der Waals surface area contributed by atoms with Gasteiger partial charge in [0.1, 0.15) is 10.9 Å². The minimum absolute atomic E-state index is 0.00688. The topological polar surface area (TPSA) is 74.8 Å². The van der Waals surface area contributed by atoms with Gasteiger partial charge in [0.15, 0.2) is 0 Å². The second-order valence-corrected chi connectivity index (χ2v) is 11.7. The number of imide groups is 1. The quantitative estimate of drug-likeness (QED) is 0.344. The Balaban J connectivity index is 2.12. The molecule has 2 amide bonds. The first-order valence-corrected chi connectivity index (χ1v) is 12.8. The normalized spacial score (nSPS) is 17.6. The monoisotopic (exact) mass is 594 g/mol. The first-order valence-electron chi connectivity index (χ1n) is 9.52. The molecule has 0 aromatic heterocycles. The minimum Gasteiger partial charge on any atom is -0.274 e. The number of hydrogen-bond acceptors (Lipinski definition) is 4. The molecule has 0 radical (unpaired) electrons. The van der Waals surface area contributed by atoms with E-state index in [1.54, 1.807) is 38.1 Å². The third kappa shape index (κ3) is 4.64. The van der Waals surface area contributed by atoms with Gasteiger partial charge in [-0.1, -0.05) is 30.1 Å². The summed E-state index contributed by atoms with van der Waals surface area (Å²) >= 11 is 14.4. The molecule has 6 nitrogen and oxygen atoms in total. The van der Waals surface area contributed by atoms with Crippen molar-refractivity contribution in [3.63, 3.8) is 0 Å². The van der Waals surface area contributed by atoms with Crippen LogP contribution in [-0.2, 0) is 19.6 Å². The zero-order valence-electron chi connectivity index (χ0n) is 17.1. The number of hydrogen-bond donors (Lipinski definition) is 0. The summed E-state index contributed by atoms with van der Waals surface area (Å²) in [6, 6.07) is 9.83.